The van der Waals surface area contributed by atoms with Gasteiger partial charge in [-0.15, -0.1) is 0 Å². The van der Waals surface area contributed by atoms with Crippen LogP contribution < -0.4 is 0 Å². The third-order valence-electron chi connectivity index (χ3n) is 1.99. The normalized spacial score (nSPS) is 19.4. The van der Waals surface area contributed by atoms with E-state index in [2.05, 4.69) is 18.8 Å². The van der Waals surface area contributed by atoms with Crippen LogP contribution in [0.5, 0.6) is 0 Å². The summed E-state index contributed by atoms with van der Waals surface area (Å²) in [5.74, 6) is 0.769. The maximum Gasteiger partial charge on any atom is 0.216 e. The smallest absolute Gasteiger partial charge is 0.216 e. The highest BCUT2D eigenvalue weighted by Crippen LogP contribution is 2.20. The molecule has 2 heteroatoms. The molecule has 1 aromatic carbocycles. The Morgan fingerprint density at radius 3 is 2.46 bits per heavy atom. The largest absolute Gasteiger partial charge is 0.475 e. The first-order chi connectivity index (χ1) is 6.17. The summed E-state index contributed by atoms with van der Waals surface area (Å²) in [5.41, 5.74) is 0.999. The molecule has 0 amide bonds. The van der Waals surface area contributed by atoms with Gasteiger partial charge in [-0.05, 0) is 26.0 Å². The summed E-state index contributed by atoms with van der Waals surface area (Å²) in [6.07, 6.45) is 0. The number of benzene rings is 1. The maximum absolute atomic E-state index is 5.50. The van der Waals surface area contributed by atoms with Crippen molar-refractivity contribution in [3.8, 4) is 0 Å². The zero-order valence-corrected chi connectivity index (χ0v) is 7.95. The van der Waals surface area contributed by atoms with E-state index in [1.54, 1.807) is 0 Å². The van der Waals surface area contributed by atoms with Crippen LogP contribution in [0.3, 0.4) is 0 Å². The molecular formula is C11H13NO. The zero-order chi connectivity index (χ0) is 9.31. The van der Waals surface area contributed by atoms with E-state index in [-0.39, 0.29) is 5.54 Å². The van der Waals surface area contributed by atoms with Crippen LogP contribution in [0.25, 0.3) is 0 Å². The number of rotatable bonds is 1. The van der Waals surface area contributed by atoms with Crippen molar-refractivity contribution in [2.75, 3.05) is 6.61 Å². The first-order valence-electron chi connectivity index (χ1n) is 4.45. The summed E-state index contributed by atoms with van der Waals surface area (Å²) >= 11 is 0. The van der Waals surface area contributed by atoms with Crippen LogP contribution in [0.2, 0.25) is 0 Å². The van der Waals surface area contributed by atoms with E-state index in [1.165, 1.54) is 0 Å². The summed E-state index contributed by atoms with van der Waals surface area (Å²) < 4.78 is 5.50. The Bertz CT molecular complexity index is 327. The van der Waals surface area contributed by atoms with Gasteiger partial charge in [-0.2, -0.15) is 0 Å². The fraction of sp³-hybridized carbons (Fsp3) is 0.364. The van der Waals surface area contributed by atoms with E-state index >= 15 is 0 Å². The van der Waals surface area contributed by atoms with Crippen molar-refractivity contribution in [2.45, 2.75) is 19.4 Å². The highest BCUT2D eigenvalue weighted by molar-refractivity contribution is 5.95. The van der Waals surface area contributed by atoms with Crippen LogP contribution in [0.4, 0.5) is 0 Å². The third kappa shape index (κ3) is 1.72. The molecule has 0 saturated carbocycles. The van der Waals surface area contributed by atoms with Crippen LogP contribution in [0.1, 0.15) is 19.4 Å². The fourth-order valence-corrected chi connectivity index (χ4v) is 1.31. The summed E-state index contributed by atoms with van der Waals surface area (Å²) in [7, 11) is 0. The fourth-order valence-electron chi connectivity index (χ4n) is 1.31. The lowest BCUT2D eigenvalue weighted by atomic mass is 10.1. The molecule has 0 radical (unpaired) electrons. The van der Waals surface area contributed by atoms with Crippen molar-refractivity contribution in [1.29, 1.82) is 0 Å². The van der Waals surface area contributed by atoms with Gasteiger partial charge in [0.1, 0.15) is 6.61 Å². The molecule has 0 atom stereocenters. The number of hydrogen-bond donors (Lipinski definition) is 0. The summed E-state index contributed by atoms with van der Waals surface area (Å²) in [4.78, 5) is 4.49. The second-order valence-electron chi connectivity index (χ2n) is 3.88. The predicted molar refractivity (Wildman–Crippen MR) is 53.0 cm³/mol. The van der Waals surface area contributed by atoms with Crippen LogP contribution in [0.15, 0.2) is 35.3 Å². The lowest BCUT2D eigenvalue weighted by molar-refractivity contribution is 0.279. The van der Waals surface area contributed by atoms with Crippen molar-refractivity contribution < 1.29 is 4.74 Å². The Morgan fingerprint density at radius 2 is 1.92 bits per heavy atom. The van der Waals surface area contributed by atoms with E-state index in [0.29, 0.717) is 6.61 Å². The van der Waals surface area contributed by atoms with Crippen LogP contribution >= 0.6 is 0 Å². The van der Waals surface area contributed by atoms with Gasteiger partial charge in [0.05, 0.1) is 5.54 Å². The molecule has 0 fully saturated rings. The molecule has 13 heavy (non-hydrogen) atoms. The third-order valence-corrected chi connectivity index (χ3v) is 1.99. The van der Waals surface area contributed by atoms with Crippen LogP contribution in [-0.2, 0) is 4.74 Å². The monoisotopic (exact) mass is 181 g/mol. The van der Waals surface area contributed by atoms with Gasteiger partial charge in [0.25, 0.3) is 0 Å². The molecule has 2 nitrogen and oxygen atoms in total. The van der Waals surface area contributed by atoms with Gasteiger partial charge in [0.2, 0.25) is 5.90 Å². The number of nitrogens with zero attached hydrogens (tertiary/aromatic N) is 1. The summed E-state index contributed by atoms with van der Waals surface area (Å²) in [5, 5.41) is 0. The Morgan fingerprint density at radius 1 is 1.23 bits per heavy atom. The molecule has 1 aliphatic heterocycles. The molecule has 1 aliphatic rings. The van der Waals surface area contributed by atoms with Gasteiger partial charge >= 0.3 is 0 Å². The lowest BCUT2D eigenvalue weighted by Crippen LogP contribution is -2.17. The second kappa shape index (κ2) is 2.87. The average molecular weight is 181 g/mol. The molecule has 0 bridgehead atoms. The zero-order valence-electron chi connectivity index (χ0n) is 7.95. The van der Waals surface area contributed by atoms with Crippen molar-refractivity contribution >= 4 is 5.90 Å². The standard InChI is InChI=1S/C11H13NO/c1-11(2)8-13-10(12-11)9-6-4-3-5-7-9/h3-7H,8H2,1-2H3/i3+1,4+1,5+1,6+1,7+1,9+1. The quantitative estimate of drug-likeness (QED) is 0.651. The molecule has 1 heterocycles. The summed E-state index contributed by atoms with van der Waals surface area (Å²) in [6, 6.07) is 10.0. The Kier molecular flexibility index (Phi) is 1.83. The van der Waals surface area contributed by atoms with E-state index in [0.717, 1.165) is 11.5 Å². The molecule has 0 N–H and O–H groups in total. The van der Waals surface area contributed by atoms with Gasteiger partial charge in [-0.25, -0.2) is 4.99 Å². The Balaban J connectivity index is 2.30. The second-order valence-corrected chi connectivity index (χ2v) is 3.88. The Labute approximate surface area is 78.3 Å². The number of aliphatic imine (C=N–C) groups is 1. The number of ether oxygens (including phenoxy) is 1. The van der Waals surface area contributed by atoms with E-state index < -0.39 is 0 Å². The predicted octanol–water partition coefficient (Wildman–Crippen LogP) is 2.24. The molecular weight excluding hydrogens is 168 g/mol. The van der Waals surface area contributed by atoms with Crippen molar-refractivity contribution in [3.05, 3.63) is 35.9 Å². The van der Waals surface area contributed by atoms with E-state index in [9.17, 15) is 0 Å². The molecule has 0 saturated heterocycles. The highest BCUT2D eigenvalue weighted by Gasteiger charge is 2.26. The summed E-state index contributed by atoms with van der Waals surface area (Å²) in [6.45, 7) is 4.82. The van der Waals surface area contributed by atoms with Crippen LogP contribution in [-0.4, -0.2) is 18.0 Å². The van der Waals surface area contributed by atoms with Crippen LogP contribution in [0, 0.1) is 0 Å². The minimum Gasteiger partial charge on any atom is -0.475 e. The van der Waals surface area contributed by atoms with E-state index in [1.807, 2.05) is 30.3 Å². The lowest BCUT2D eigenvalue weighted by Gasteiger charge is -2.07. The SMILES string of the molecule is CC1(C)COC([13c]2[13cH][13cH][13cH][13cH][13cH]2)=N1. The van der Waals surface area contributed by atoms with Crippen molar-refractivity contribution in [3.63, 3.8) is 0 Å². The molecule has 68 valence electrons. The minimum atomic E-state index is -0.0643. The van der Waals surface area contributed by atoms with Crippen molar-refractivity contribution in [1.82, 2.24) is 0 Å². The van der Waals surface area contributed by atoms with E-state index in [4.69, 9.17) is 4.74 Å². The highest BCUT2D eigenvalue weighted by atomic mass is 16.5. The molecule has 0 spiro atoms. The minimum absolute atomic E-state index is 0.0643. The number of hydrogen-bond acceptors (Lipinski definition) is 2. The topological polar surface area (TPSA) is 21.6 Å². The first-order valence-corrected chi connectivity index (χ1v) is 4.45. The average Bonchev–Trinajstić information content (AvgIpc) is 2.48. The van der Waals surface area contributed by atoms with Gasteiger partial charge in [-0.3, -0.25) is 0 Å². The molecule has 0 unspecified atom stereocenters. The van der Waals surface area contributed by atoms with Crippen molar-refractivity contribution in [2.24, 2.45) is 4.99 Å². The molecule has 0 aliphatic carbocycles. The molecule has 0 aromatic heterocycles. The Hall–Kier alpha value is -1.31. The van der Waals surface area contributed by atoms with Gasteiger partial charge < -0.3 is 4.74 Å². The molecule has 1 aromatic rings. The maximum atomic E-state index is 5.50. The first kappa shape index (κ1) is 8.30. The molecule has 2 rings (SSSR count). The van der Waals surface area contributed by atoms with Gasteiger partial charge in [-0.1, -0.05) is 18.2 Å². The van der Waals surface area contributed by atoms with Gasteiger partial charge in [0, 0.05) is 5.56 Å². The van der Waals surface area contributed by atoms with Gasteiger partial charge in [0.15, 0.2) is 0 Å².